The lowest BCUT2D eigenvalue weighted by Crippen LogP contribution is -2.16. The molecule has 3 aromatic rings. The van der Waals surface area contributed by atoms with Gasteiger partial charge in [0.1, 0.15) is 0 Å². The van der Waals surface area contributed by atoms with Crippen molar-refractivity contribution < 1.29 is 13.2 Å². The normalized spacial score (nSPS) is 19.5. The molecule has 0 spiro atoms. The molecule has 1 N–H and O–H groups in total. The zero-order valence-corrected chi connectivity index (χ0v) is 14.5. The van der Waals surface area contributed by atoms with Crippen molar-refractivity contribution in [1.82, 2.24) is 15.3 Å². The van der Waals surface area contributed by atoms with Crippen LogP contribution < -0.4 is 5.32 Å². The standard InChI is InChI=1S/C19H16F3N3S/c20-19(21,22)14-3-1-2-12(6-14)17-5-4-13(8-24-17)16-7-18(16)25-10-15-9-23-11-26-15/h1-6,8-9,11,16,18,25H,7,10H2. The summed E-state index contributed by atoms with van der Waals surface area (Å²) < 4.78 is 38.5. The second kappa shape index (κ2) is 6.81. The lowest BCUT2D eigenvalue weighted by atomic mass is 10.1. The number of aromatic nitrogens is 2. The van der Waals surface area contributed by atoms with E-state index in [4.69, 9.17) is 0 Å². The molecule has 2 unspecified atom stereocenters. The van der Waals surface area contributed by atoms with Gasteiger partial charge >= 0.3 is 6.18 Å². The molecular weight excluding hydrogens is 359 g/mol. The van der Waals surface area contributed by atoms with E-state index in [1.165, 1.54) is 10.9 Å². The molecule has 7 heteroatoms. The quantitative estimate of drug-likeness (QED) is 0.691. The third-order valence-corrected chi connectivity index (χ3v) is 5.29. The van der Waals surface area contributed by atoms with E-state index in [0.717, 1.165) is 30.7 Å². The molecule has 26 heavy (non-hydrogen) atoms. The topological polar surface area (TPSA) is 37.8 Å². The van der Waals surface area contributed by atoms with Crippen LogP contribution in [0, 0.1) is 0 Å². The Bertz CT molecular complexity index is 876. The fourth-order valence-corrected chi connectivity index (χ4v) is 3.55. The van der Waals surface area contributed by atoms with E-state index < -0.39 is 11.7 Å². The van der Waals surface area contributed by atoms with Gasteiger partial charge in [0.2, 0.25) is 0 Å². The van der Waals surface area contributed by atoms with Gasteiger partial charge in [-0.25, -0.2) is 0 Å². The Morgan fingerprint density at radius 3 is 2.73 bits per heavy atom. The van der Waals surface area contributed by atoms with Crippen LogP contribution in [-0.4, -0.2) is 16.0 Å². The monoisotopic (exact) mass is 375 g/mol. The minimum Gasteiger partial charge on any atom is -0.308 e. The third-order valence-electron chi connectivity index (χ3n) is 4.51. The van der Waals surface area contributed by atoms with Gasteiger partial charge in [0.05, 0.1) is 16.8 Å². The molecule has 2 heterocycles. The van der Waals surface area contributed by atoms with Crippen molar-refractivity contribution in [2.75, 3.05) is 0 Å². The number of benzene rings is 1. The Morgan fingerprint density at radius 1 is 1.15 bits per heavy atom. The first-order chi connectivity index (χ1) is 12.5. The van der Waals surface area contributed by atoms with Crippen LogP contribution in [-0.2, 0) is 12.7 Å². The molecule has 134 valence electrons. The van der Waals surface area contributed by atoms with Crippen molar-refractivity contribution in [3.8, 4) is 11.3 Å². The molecular formula is C19H16F3N3S. The molecule has 1 aliphatic rings. The van der Waals surface area contributed by atoms with Crippen molar-refractivity contribution >= 4 is 11.3 Å². The third kappa shape index (κ3) is 3.78. The predicted molar refractivity (Wildman–Crippen MR) is 94.8 cm³/mol. The van der Waals surface area contributed by atoms with Crippen LogP contribution in [0.5, 0.6) is 0 Å². The minimum absolute atomic E-state index is 0.408. The van der Waals surface area contributed by atoms with Gasteiger partial charge in [-0.15, -0.1) is 11.3 Å². The molecule has 1 aromatic carbocycles. The van der Waals surface area contributed by atoms with Gasteiger partial charge in [-0.3, -0.25) is 9.97 Å². The molecule has 0 amide bonds. The van der Waals surface area contributed by atoms with Crippen LogP contribution in [0.2, 0.25) is 0 Å². The lowest BCUT2D eigenvalue weighted by molar-refractivity contribution is -0.137. The summed E-state index contributed by atoms with van der Waals surface area (Å²) in [5, 5.41) is 3.50. The van der Waals surface area contributed by atoms with Gasteiger partial charge in [0, 0.05) is 41.3 Å². The molecule has 1 aliphatic carbocycles. The molecule has 0 bridgehead atoms. The summed E-state index contributed by atoms with van der Waals surface area (Å²) in [6, 6.07) is 9.44. The van der Waals surface area contributed by atoms with E-state index >= 15 is 0 Å². The maximum absolute atomic E-state index is 12.8. The summed E-state index contributed by atoms with van der Waals surface area (Å²) in [5.74, 6) is 0.408. The highest BCUT2D eigenvalue weighted by Gasteiger charge is 2.38. The van der Waals surface area contributed by atoms with E-state index in [1.54, 1.807) is 29.7 Å². The largest absolute Gasteiger partial charge is 0.416 e. The van der Waals surface area contributed by atoms with Crippen LogP contribution in [0.1, 0.15) is 28.3 Å². The van der Waals surface area contributed by atoms with Gasteiger partial charge < -0.3 is 5.32 Å². The van der Waals surface area contributed by atoms with Crippen LogP contribution in [0.15, 0.2) is 54.3 Å². The number of hydrogen-bond acceptors (Lipinski definition) is 4. The molecule has 0 radical (unpaired) electrons. The van der Waals surface area contributed by atoms with Crippen molar-refractivity contribution in [3.63, 3.8) is 0 Å². The molecule has 2 atom stereocenters. The maximum Gasteiger partial charge on any atom is 0.416 e. The SMILES string of the molecule is FC(F)(F)c1cccc(-c2ccc(C3CC3NCc3cncs3)cn2)c1. The van der Waals surface area contributed by atoms with Crippen LogP contribution in [0.3, 0.4) is 0 Å². The summed E-state index contributed by atoms with van der Waals surface area (Å²) in [6.45, 7) is 0.807. The number of nitrogens with one attached hydrogen (secondary N) is 1. The minimum atomic E-state index is -4.35. The van der Waals surface area contributed by atoms with E-state index in [-0.39, 0.29) is 0 Å². The number of thiazole rings is 1. The van der Waals surface area contributed by atoms with Crippen LogP contribution in [0.25, 0.3) is 11.3 Å². The van der Waals surface area contributed by atoms with Gasteiger partial charge in [0.25, 0.3) is 0 Å². The molecule has 3 nitrogen and oxygen atoms in total. The molecule has 1 saturated carbocycles. The summed E-state index contributed by atoms with van der Waals surface area (Å²) in [5.41, 5.74) is 3.30. The van der Waals surface area contributed by atoms with Crippen LogP contribution >= 0.6 is 11.3 Å². The number of halogens is 3. The number of nitrogens with zero attached hydrogens (tertiary/aromatic N) is 2. The van der Waals surface area contributed by atoms with Crippen molar-refractivity contribution in [1.29, 1.82) is 0 Å². The first-order valence-corrected chi connectivity index (χ1v) is 9.13. The average Bonchev–Trinajstić information content (AvgIpc) is 3.23. The fraction of sp³-hybridized carbons (Fsp3) is 0.263. The van der Waals surface area contributed by atoms with E-state index in [0.29, 0.717) is 23.2 Å². The Balaban J connectivity index is 1.42. The smallest absolute Gasteiger partial charge is 0.308 e. The fourth-order valence-electron chi connectivity index (χ4n) is 3.00. The Hall–Kier alpha value is -2.25. The van der Waals surface area contributed by atoms with Gasteiger partial charge in [-0.1, -0.05) is 18.2 Å². The second-order valence-electron chi connectivity index (χ2n) is 6.35. The van der Waals surface area contributed by atoms with Gasteiger partial charge in [-0.05, 0) is 30.2 Å². The van der Waals surface area contributed by atoms with Crippen LogP contribution in [0.4, 0.5) is 13.2 Å². The number of hydrogen-bond donors (Lipinski definition) is 1. The highest BCUT2D eigenvalue weighted by molar-refractivity contribution is 7.09. The first-order valence-electron chi connectivity index (χ1n) is 8.25. The molecule has 0 aliphatic heterocycles. The summed E-state index contributed by atoms with van der Waals surface area (Å²) >= 11 is 1.63. The van der Waals surface area contributed by atoms with E-state index in [9.17, 15) is 13.2 Å². The molecule has 0 saturated heterocycles. The Morgan fingerprint density at radius 2 is 2.04 bits per heavy atom. The summed E-state index contributed by atoms with van der Waals surface area (Å²) in [6.07, 6.45) is 0.333. The summed E-state index contributed by atoms with van der Waals surface area (Å²) in [7, 11) is 0. The molecule has 2 aromatic heterocycles. The summed E-state index contributed by atoms with van der Waals surface area (Å²) in [4.78, 5) is 9.63. The number of rotatable bonds is 5. The lowest BCUT2D eigenvalue weighted by Gasteiger charge is -2.09. The zero-order valence-electron chi connectivity index (χ0n) is 13.7. The Kier molecular flexibility index (Phi) is 4.50. The van der Waals surface area contributed by atoms with E-state index in [2.05, 4.69) is 15.3 Å². The average molecular weight is 375 g/mol. The van der Waals surface area contributed by atoms with Gasteiger partial charge in [0.15, 0.2) is 0 Å². The first kappa shape index (κ1) is 17.2. The number of alkyl halides is 3. The highest BCUT2D eigenvalue weighted by Crippen LogP contribution is 2.41. The highest BCUT2D eigenvalue weighted by atomic mass is 32.1. The number of pyridine rings is 1. The van der Waals surface area contributed by atoms with E-state index in [1.807, 2.05) is 17.8 Å². The van der Waals surface area contributed by atoms with Crippen molar-refractivity contribution in [2.24, 2.45) is 0 Å². The second-order valence-corrected chi connectivity index (χ2v) is 7.32. The zero-order chi connectivity index (χ0) is 18.1. The molecule has 1 fully saturated rings. The Labute approximate surface area is 152 Å². The van der Waals surface area contributed by atoms with Gasteiger partial charge in [-0.2, -0.15) is 13.2 Å². The van der Waals surface area contributed by atoms with Crippen molar-refractivity contribution in [2.45, 2.75) is 31.1 Å². The maximum atomic E-state index is 12.8. The molecule has 4 rings (SSSR count). The predicted octanol–water partition coefficient (Wildman–Crippen LogP) is 4.87. The van der Waals surface area contributed by atoms with Crippen molar-refractivity contribution in [3.05, 3.63) is 70.3 Å².